The number of hydrogen-bond acceptors (Lipinski definition) is 4. The first kappa shape index (κ1) is 19.6. The predicted octanol–water partition coefficient (Wildman–Crippen LogP) is 5.25. The maximum Gasteiger partial charge on any atom is 0.273 e. The van der Waals surface area contributed by atoms with Gasteiger partial charge in [0.1, 0.15) is 28.4 Å². The number of likely N-dealkylation sites (tertiary alicyclic amines) is 1. The first-order valence-electron chi connectivity index (χ1n) is 9.74. The molecule has 1 amide bonds. The van der Waals surface area contributed by atoms with Crippen LogP contribution in [0.4, 0.5) is 4.39 Å². The summed E-state index contributed by atoms with van der Waals surface area (Å²) in [5.41, 5.74) is 3.73. The van der Waals surface area contributed by atoms with Crippen molar-refractivity contribution in [2.45, 2.75) is 32.8 Å². The number of nitrogens with zero attached hydrogens (tertiary/aromatic N) is 2. The van der Waals surface area contributed by atoms with Gasteiger partial charge in [0.15, 0.2) is 0 Å². The molecule has 1 aliphatic rings. The van der Waals surface area contributed by atoms with Gasteiger partial charge >= 0.3 is 0 Å². The van der Waals surface area contributed by atoms with Gasteiger partial charge in [0.05, 0.1) is 0 Å². The molecule has 3 aromatic rings. The number of aryl methyl sites for hydroxylation is 2. The molecule has 4 nitrogen and oxygen atoms in total. The molecular weight excluding hydrogens is 387 g/mol. The highest BCUT2D eigenvalue weighted by Gasteiger charge is 2.26. The summed E-state index contributed by atoms with van der Waals surface area (Å²) in [5.74, 6) is 0.549. The molecule has 1 fully saturated rings. The van der Waals surface area contributed by atoms with Crippen LogP contribution in [0.3, 0.4) is 0 Å². The Hall–Kier alpha value is -2.73. The molecule has 0 atom stereocenters. The zero-order valence-corrected chi connectivity index (χ0v) is 17.3. The Morgan fingerprint density at radius 2 is 1.83 bits per heavy atom. The van der Waals surface area contributed by atoms with Crippen LogP contribution >= 0.6 is 11.3 Å². The van der Waals surface area contributed by atoms with Gasteiger partial charge < -0.3 is 9.64 Å². The van der Waals surface area contributed by atoms with E-state index < -0.39 is 0 Å². The van der Waals surface area contributed by atoms with E-state index in [1.165, 1.54) is 34.6 Å². The fourth-order valence-corrected chi connectivity index (χ4v) is 4.22. The Balaban J connectivity index is 1.35. The van der Waals surface area contributed by atoms with Gasteiger partial charge in [-0.05, 0) is 61.4 Å². The molecule has 1 saturated heterocycles. The van der Waals surface area contributed by atoms with E-state index in [0.29, 0.717) is 18.8 Å². The van der Waals surface area contributed by atoms with E-state index in [1.54, 1.807) is 17.5 Å². The van der Waals surface area contributed by atoms with Crippen LogP contribution < -0.4 is 4.74 Å². The molecule has 1 aliphatic heterocycles. The van der Waals surface area contributed by atoms with E-state index in [0.717, 1.165) is 29.2 Å². The molecule has 1 aromatic heterocycles. The maximum atomic E-state index is 13.1. The lowest BCUT2D eigenvalue weighted by Gasteiger charge is -2.32. The number of halogens is 1. The average Bonchev–Trinajstić information content (AvgIpc) is 3.21. The summed E-state index contributed by atoms with van der Waals surface area (Å²) >= 11 is 1.40. The van der Waals surface area contributed by atoms with E-state index >= 15 is 0 Å². The van der Waals surface area contributed by atoms with Crippen LogP contribution in [0.2, 0.25) is 0 Å². The minimum atomic E-state index is -0.285. The average molecular weight is 411 g/mol. The van der Waals surface area contributed by atoms with E-state index in [9.17, 15) is 9.18 Å². The molecule has 0 bridgehead atoms. The lowest BCUT2D eigenvalue weighted by Crippen LogP contribution is -2.41. The van der Waals surface area contributed by atoms with Gasteiger partial charge in [0, 0.05) is 36.9 Å². The van der Waals surface area contributed by atoms with Crippen molar-refractivity contribution >= 4 is 17.2 Å². The van der Waals surface area contributed by atoms with Crippen molar-refractivity contribution in [1.29, 1.82) is 0 Å². The molecule has 29 heavy (non-hydrogen) atoms. The standard InChI is InChI=1S/C23H23FN2O2S/c1-15-3-8-20(13-16(15)2)28-19-9-11-26(12-10-19)23(27)21-14-29-22(25-21)17-4-6-18(24)7-5-17/h3-8,13-14,19H,9-12H2,1-2H3. The molecule has 0 radical (unpaired) electrons. The zero-order chi connectivity index (χ0) is 20.4. The third-order valence-corrected chi connectivity index (χ3v) is 6.22. The maximum absolute atomic E-state index is 13.1. The highest BCUT2D eigenvalue weighted by Crippen LogP contribution is 2.26. The first-order valence-corrected chi connectivity index (χ1v) is 10.6. The zero-order valence-electron chi connectivity index (χ0n) is 16.5. The molecule has 2 heterocycles. The summed E-state index contributed by atoms with van der Waals surface area (Å²) in [6.07, 6.45) is 1.72. The topological polar surface area (TPSA) is 42.4 Å². The Kier molecular flexibility index (Phi) is 5.62. The number of carbonyl (C=O) groups excluding carboxylic acids is 1. The summed E-state index contributed by atoms with van der Waals surface area (Å²) in [6.45, 7) is 5.47. The van der Waals surface area contributed by atoms with Gasteiger partial charge in [0.25, 0.3) is 5.91 Å². The monoisotopic (exact) mass is 410 g/mol. The number of piperidine rings is 1. The van der Waals surface area contributed by atoms with Gasteiger partial charge in [-0.15, -0.1) is 11.3 Å². The molecule has 0 saturated carbocycles. The summed E-state index contributed by atoms with van der Waals surface area (Å²) in [6, 6.07) is 12.3. The summed E-state index contributed by atoms with van der Waals surface area (Å²) in [5, 5.41) is 2.50. The van der Waals surface area contributed by atoms with Crippen molar-refractivity contribution in [3.8, 4) is 16.3 Å². The van der Waals surface area contributed by atoms with E-state index in [1.807, 2.05) is 11.0 Å². The number of hydrogen-bond donors (Lipinski definition) is 0. The SMILES string of the molecule is Cc1ccc(OC2CCN(C(=O)c3csc(-c4ccc(F)cc4)n3)CC2)cc1C. The predicted molar refractivity (Wildman–Crippen MR) is 113 cm³/mol. The number of ether oxygens (including phenoxy) is 1. The fraction of sp³-hybridized carbons (Fsp3) is 0.304. The lowest BCUT2D eigenvalue weighted by atomic mass is 10.1. The first-order chi connectivity index (χ1) is 14.0. The number of carbonyl (C=O) groups is 1. The largest absolute Gasteiger partial charge is 0.490 e. The number of rotatable bonds is 4. The van der Waals surface area contributed by atoms with Gasteiger partial charge in [-0.2, -0.15) is 0 Å². The van der Waals surface area contributed by atoms with Crippen molar-refractivity contribution in [3.05, 3.63) is 70.5 Å². The van der Waals surface area contributed by atoms with Gasteiger partial charge in [-0.1, -0.05) is 6.07 Å². The summed E-state index contributed by atoms with van der Waals surface area (Å²) in [4.78, 5) is 19.1. The molecule has 4 rings (SSSR count). The summed E-state index contributed by atoms with van der Waals surface area (Å²) < 4.78 is 19.2. The van der Waals surface area contributed by atoms with Crippen LogP contribution in [0.25, 0.3) is 10.6 Å². The smallest absolute Gasteiger partial charge is 0.273 e. The second-order valence-corrected chi connectivity index (χ2v) is 8.26. The third-order valence-electron chi connectivity index (χ3n) is 5.32. The molecule has 0 spiro atoms. The molecule has 0 N–H and O–H groups in total. The normalized spacial score (nSPS) is 14.8. The second-order valence-electron chi connectivity index (χ2n) is 7.40. The second kappa shape index (κ2) is 8.33. The van der Waals surface area contributed by atoms with Crippen molar-refractivity contribution < 1.29 is 13.9 Å². The van der Waals surface area contributed by atoms with Crippen molar-refractivity contribution in [2.24, 2.45) is 0 Å². The Bertz CT molecular complexity index is 1010. The van der Waals surface area contributed by atoms with E-state index in [4.69, 9.17) is 4.74 Å². The van der Waals surface area contributed by atoms with Crippen molar-refractivity contribution in [2.75, 3.05) is 13.1 Å². The van der Waals surface area contributed by atoms with Crippen LogP contribution in [0.15, 0.2) is 47.8 Å². The van der Waals surface area contributed by atoms with Crippen molar-refractivity contribution in [3.63, 3.8) is 0 Å². The molecular formula is C23H23FN2O2S. The van der Waals surface area contributed by atoms with Crippen molar-refractivity contribution in [1.82, 2.24) is 9.88 Å². The third kappa shape index (κ3) is 4.48. The molecule has 2 aromatic carbocycles. The highest BCUT2D eigenvalue weighted by molar-refractivity contribution is 7.13. The lowest BCUT2D eigenvalue weighted by molar-refractivity contribution is 0.0591. The quantitative estimate of drug-likeness (QED) is 0.590. The van der Waals surface area contributed by atoms with E-state index in [-0.39, 0.29) is 17.8 Å². The minimum Gasteiger partial charge on any atom is -0.490 e. The van der Waals surface area contributed by atoms with E-state index in [2.05, 4.69) is 31.0 Å². The molecule has 6 heteroatoms. The molecule has 0 aliphatic carbocycles. The van der Waals surface area contributed by atoms with Gasteiger partial charge in [-0.3, -0.25) is 4.79 Å². The number of aromatic nitrogens is 1. The van der Waals surface area contributed by atoms with Gasteiger partial charge in [-0.25, -0.2) is 9.37 Å². The fourth-order valence-electron chi connectivity index (χ4n) is 3.42. The Morgan fingerprint density at radius 1 is 1.10 bits per heavy atom. The number of benzene rings is 2. The molecule has 150 valence electrons. The number of thiazole rings is 1. The van der Waals surface area contributed by atoms with Crippen LogP contribution in [0, 0.1) is 19.7 Å². The van der Waals surface area contributed by atoms with Crippen LogP contribution in [-0.2, 0) is 0 Å². The van der Waals surface area contributed by atoms with Crippen LogP contribution in [-0.4, -0.2) is 35.0 Å². The van der Waals surface area contributed by atoms with Gasteiger partial charge in [0.2, 0.25) is 0 Å². The highest BCUT2D eigenvalue weighted by atomic mass is 32.1. The Labute approximate surface area is 174 Å². The Morgan fingerprint density at radius 3 is 2.52 bits per heavy atom. The van der Waals surface area contributed by atoms with Crippen LogP contribution in [0.1, 0.15) is 34.5 Å². The number of amides is 1. The molecule has 0 unspecified atom stereocenters. The van der Waals surface area contributed by atoms with Crippen LogP contribution in [0.5, 0.6) is 5.75 Å². The minimum absolute atomic E-state index is 0.0563. The summed E-state index contributed by atoms with van der Waals surface area (Å²) in [7, 11) is 0.